The Bertz CT molecular complexity index is 849. The van der Waals surface area contributed by atoms with Gasteiger partial charge in [-0.2, -0.15) is 5.26 Å². The predicted octanol–water partition coefficient (Wildman–Crippen LogP) is 2.33. The molecule has 0 saturated heterocycles. The average molecular weight is 301 g/mol. The summed E-state index contributed by atoms with van der Waals surface area (Å²) in [4.78, 5) is 10.9. The number of carboxylic acid groups (broad SMARTS) is 1. The number of hydrogen-bond acceptors (Lipinski definition) is 4. The maximum atomic E-state index is 12.0. The standard InChI is InChI=1S/C15H11NO4S/c1-21(19,20)14-11(10-5-3-2-4-6-10)7-8-12(15(17)18)13(14)9-16/h2-8H,1H3,(H,17,18). The molecule has 0 heterocycles. The third-order valence-corrected chi connectivity index (χ3v) is 4.12. The average Bonchev–Trinajstić information content (AvgIpc) is 2.45. The molecule has 2 rings (SSSR count). The number of carboxylic acids is 1. The van der Waals surface area contributed by atoms with Gasteiger partial charge in [-0.3, -0.25) is 0 Å². The lowest BCUT2D eigenvalue weighted by Crippen LogP contribution is -2.09. The zero-order chi connectivity index (χ0) is 15.6. The van der Waals surface area contributed by atoms with Gasteiger partial charge in [0.15, 0.2) is 9.84 Å². The third kappa shape index (κ3) is 2.78. The maximum absolute atomic E-state index is 12.0. The Morgan fingerprint density at radius 1 is 1.14 bits per heavy atom. The lowest BCUT2D eigenvalue weighted by Gasteiger charge is -2.12. The Hall–Kier alpha value is -2.65. The Balaban J connectivity index is 2.93. The van der Waals surface area contributed by atoms with Crippen LogP contribution in [0.2, 0.25) is 0 Å². The van der Waals surface area contributed by atoms with Crippen molar-refractivity contribution in [2.75, 3.05) is 6.26 Å². The smallest absolute Gasteiger partial charge is 0.337 e. The van der Waals surface area contributed by atoms with E-state index in [1.54, 1.807) is 36.4 Å². The number of hydrogen-bond donors (Lipinski definition) is 1. The summed E-state index contributed by atoms with van der Waals surface area (Å²) in [5.41, 5.74) is 0.259. The van der Waals surface area contributed by atoms with Gasteiger partial charge in [-0.15, -0.1) is 0 Å². The monoisotopic (exact) mass is 301 g/mol. The summed E-state index contributed by atoms with van der Waals surface area (Å²) in [7, 11) is -3.77. The second-order valence-electron chi connectivity index (χ2n) is 4.42. The second-order valence-corrected chi connectivity index (χ2v) is 6.37. The number of carbonyl (C=O) groups is 1. The molecule has 106 valence electrons. The van der Waals surface area contributed by atoms with Gasteiger partial charge in [0.1, 0.15) is 6.07 Å². The van der Waals surface area contributed by atoms with Crippen molar-refractivity contribution in [3.63, 3.8) is 0 Å². The van der Waals surface area contributed by atoms with Crippen molar-refractivity contribution in [3.05, 3.63) is 53.6 Å². The molecule has 0 saturated carbocycles. The van der Waals surface area contributed by atoms with Crippen molar-refractivity contribution < 1.29 is 18.3 Å². The lowest BCUT2D eigenvalue weighted by molar-refractivity contribution is 0.0696. The number of sulfone groups is 1. The highest BCUT2D eigenvalue weighted by Gasteiger charge is 2.24. The lowest BCUT2D eigenvalue weighted by atomic mass is 9.99. The fourth-order valence-corrected chi connectivity index (χ4v) is 3.21. The fourth-order valence-electron chi connectivity index (χ4n) is 2.10. The van der Waals surface area contributed by atoms with Gasteiger partial charge in [0.05, 0.1) is 16.0 Å². The molecule has 0 atom stereocenters. The number of nitrogens with zero attached hydrogens (tertiary/aromatic N) is 1. The van der Waals surface area contributed by atoms with E-state index in [2.05, 4.69) is 0 Å². The summed E-state index contributed by atoms with van der Waals surface area (Å²) in [6, 6.07) is 13.0. The molecule has 2 aromatic carbocycles. The first kappa shape index (κ1) is 14.8. The highest BCUT2D eigenvalue weighted by molar-refractivity contribution is 7.91. The van der Waals surface area contributed by atoms with Crippen LogP contribution in [0.15, 0.2) is 47.4 Å². The Morgan fingerprint density at radius 3 is 2.24 bits per heavy atom. The molecule has 0 amide bonds. The van der Waals surface area contributed by atoms with Crippen LogP contribution < -0.4 is 0 Å². The molecule has 0 aliphatic heterocycles. The fraction of sp³-hybridized carbons (Fsp3) is 0.0667. The minimum Gasteiger partial charge on any atom is -0.478 e. The number of rotatable bonds is 3. The first-order valence-electron chi connectivity index (χ1n) is 5.92. The van der Waals surface area contributed by atoms with Crippen molar-refractivity contribution in [1.29, 1.82) is 5.26 Å². The Kier molecular flexibility index (Phi) is 3.78. The highest BCUT2D eigenvalue weighted by Crippen LogP contribution is 2.32. The summed E-state index contributed by atoms with van der Waals surface area (Å²) in [6.07, 6.45) is 0.960. The second kappa shape index (κ2) is 5.38. The molecule has 1 N–H and O–H groups in total. The summed E-state index contributed by atoms with van der Waals surface area (Å²) in [5, 5.41) is 18.3. The first-order valence-corrected chi connectivity index (χ1v) is 7.81. The summed E-state index contributed by atoms with van der Waals surface area (Å²) in [5.74, 6) is -1.34. The van der Waals surface area contributed by atoms with Crippen LogP contribution in [0.25, 0.3) is 11.1 Å². The molecule has 0 aromatic heterocycles. The molecule has 0 aliphatic carbocycles. The first-order chi connectivity index (χ1) is 9.86. The zero-order valence-electron chi connectivity index (χ0n) is 11.1. The quantitative estimate of drug-likeness (QED) is 0.938. The van der Waals surface area contributed by atoms with Gasteiger partial charge >= 0.3 is 5.97 Å². The van der Waals surface area contributed by atoms with E-state index in [1.165, 1.54) is 12.1 Å². The van der Waals surface area contributed by atoms with Crippen molar-refractivity contribution in [1.82, 2.24) is 0 Å². The summed E-state index contributed by atoms with van der Waals surface area (Å²) in [6.45, 7) is 0. The van der Waals surface area contributed by atoms with Crippen LogP contribution in [-0.4, -0.2) is 25.7 Å². The van der Waals surface area contributed by atoms with Crippen LogP contribution in [0.3, 0.4) is 0 Å². The normalized spacial score (nSPS) is 10.9. The summed E-state index contributed by atoms with van der Waals surface area (Å²) >= 11 is 0. The van der Waals surface area contributed by atoms with E-state index in [1.807, 2.05) is 0 Å². The van der Waals surface area contributed by atoms with E-state index < -0.39 is 15.8 Å². The molecular weight excluding hydrogens is 290 g/mol. The Labute approximate surface area is 122 Å². The predicted molar refractivity (Wildman–Crippen MR) is 76.7 cm³/mol. The minimum atomic E-state index is -3.77. The van der Waals surface area contributed by atoms with Crippen LogP contribution in [0.4, 0.5) is 0 Å². The van der Waals surface area contributed by atoms with E-state index in [0.29, 0.717) is 11.1 Å². The van der Waals surface area contributed by atoms with Crippen LogP contribution in [0, 0.1) is 11.3 Å². The molecule has 0 unspecified atom stereocenters. The van der Waals surface area contributed by atoms with Crippen molar-refractivity contribution >= 4 is 15.8 Å². The Morgan fingerprint density at radius 2 is 1.76 bits per heavy atom. The van der Waals surface area contributed by atoms with E-state index in [4.69, 9.17) is 5.11 Å². The minimum absolute atomic E-state index is 0.254. The molecule has 5 nitrogen and oxygen atoms in total. The molecule has 0 bridgehead atoms. The van der Waals surface area contributed by atoms with Crippen LogP contribution in [0.1, 0.15) is 15.9 Å². The molecule has 2 aromatic rings. The van der Waals surface area contributed by atoms with Crippen molar-refractivity contribution in [3.8, 4) is 17.2 Å². The molecule has 0 spiro atoms. The SMILES string of the molecule is CS(=O)(=O)c1c(-c2ccccc2)ccc(C(=O)O)c1C#N. The van der Waals surface area contributed by atoms with Crippen LogP contribution in [0.5, 0.6) is 0 Å². The van der Waals surface area contributed by atoms with Gasteiger partial charge in [-0.05, 0) is 11.6 Å². The molecular formula is C15H11NO4S. The van der Waals surface area contributed by atoms with E-state index in [-0.39, 0.29) is 16.0 Å². The number of nitriles is 1. The molecule has 0 radical (unpaired) electrons. The highest BCUT2D eigenvalue weighted by atomic mass is 32.2. The van der Waals surface area contributed by atoms with Gasteiger partial charge in [-0.25, -0.2) is 13.2 Å². The number of benzene rings is 2. The third-order valence-electron chi connectivity index (χ3n) is 2.96. The molecule has 21 heavy (non-hydrogen) atoms. The van der Waals surface area contributed by atoms with Crippen molar-refractivity contribution in [2.24, 2.45) is 0 Å². The maximum Gasteiger partial charge on any atom is 0.337 e. The topological polar surface area (TPSA) is 95.2 Å². The molecule has 0 fully saturated rings. The summed E-state index contributed by atoms with van der Waals surface area (Å²) < 4.78 is 24.1. The largest absolute Gasteiger partial charge is 0.478 e. The van der Waals surface area contributed by atoms with Gasteiger partial charge in [0.2, 0.25) is 0 Å². The van der Waals surface area contributed by atoms with E-state index in [0.717, 1.165) is 6.26 Å². The van der Waals surface area contributed by atoms with Crippen molar-refractivity contribution in [2.45, 2.75) is 4.90 Å². The van der Waals surface area contributed by atoms with Crippen LogP contribution in [-0.2, 0) is 9.84 Å². The van der Waals surface area contributed by atoms with Crippen LogP contribution >= 0.6 is 0 Å². The molecule has 0 aliphatic rings. The number of aromatic carboxylic acids is 1. The molecule has 6 heteroatoms. The van der Waals surface area contributed by atoms with E-state index in [9.17, 15) is 18.5 Å². The van der Waals surface area contributed by atoms with Gasteiger partial charge in [0, 0.05) is 11.8 Å². The van der Waals surface area contributed by atoms with Gasteiger partial charge < -0.3 is 5.11 Å². The zero-order valence-corrected chi connectivity index (χ0v) is 11.9. The van der Waals surface area contributed by atoms with Gasteiger partial charge in [-0.1, -0.05) is 36.4 Å². The van der Waals surface area contributed by atoms with E-state index >= 15 is 0 Å². The van der Waals surface area contributed by atoms with Gasteiger partial charge in [0.25, 0.3) is 0 Å².